The van der Waals surface area contributed by atoms with Gasteiger partial charge < -0.3 is 14.9 Å². The molecule has 1 heterocycles. The summed E-state index contributed by atoms with van der Waals surface area (Å²) in [5, 5.41) is 10.3. The van der Waals surface area contributed by atoms with Crippen LogP contribution >= 0.6 is 0 Å². The summed E-state index contributed by atoms with van der Waals surface area (Å²) in [5.41, 5.74) is 7.75. The summed E-state index contributed by atoms with van der Waals surface area (Å²) < 4.78 is 1.69. The van der Waals surface area contributed by atoms with Crippen molar-refractivity contribution in [3.8, 4) is 39.7 Å². The van der Waals surface area contributed by atoms with Gasteiger partial charge in [-0.3, -0.25) is 9.36 Å². The van der Waals surface area contributed by atoms with E-state index in [-0.39, 0.29) is 11.7 Å². The third kappa shape index (κ3) is 4.52. The number of aryl methyl sites for hydroxylation is 2. The fourth-order valence-corrected chi connectivity index (χ4v) is 4.31. The lowest BCUT2D eigenvalue weighted by atomic mass is 10.0. The lowest BCUT2D eigenvalue weighted by Crippen LogP contribution is -2.10. The Morgan fingerprint density at radius 1 is 0.771 bits per heavy atom. The first kappa shape index (κ1) is 24.1. The van der Waals surface area contributed by atoms with E-state index in [2.05, 4.69) is 12.1 Å². The highest BCUT2D eigenvalue weighted by molar-refractivity contribution is 5.93. The number of hydrogen-bond acceptors (Lipinski definition) is 5. The van der Waals surface area contributed by atoms with Crippen LogP contribution in [0.4, 0.5) is 11.4 Å². The average Bonchev–Trinajstić information content (AvgIpc) is 3.23. The van der Waals surface area contributed by atoms with E-state index in [1.807, 2.05) is 100 Å². The number of phenols is 1. The minimum atomic E-state index is -0.126. The van der Waals surface area contributed by atoms with Crippen molar-refractivity contribution >= 4 is 17.3 Å². The summed E-state index contributed by atoms with van der Waals surface area (Å²) in [6.07, 6.45) is 0. The third-order valence-corrected chi connectivity index (χ3v) is 6.26. The lowest BCUT2D eigenvalue weighted by molar-refractivity contribution is 0.0940. The SMILES string of the molecule is CC(=O)n1c(-c2cc(C)c(O)c(C)c2)nc(-c2ccc(N(C)C)cc2)c1-c1ccc(N(C)C)cc1. The molecule has 0 aliphatic heterocycles. The van der Waals surface area contributed by atoms with Crippen LogP contribution < -0.4 is 9.80 Å². The molecule has 0 saturated carbocycles. The molecule has 1 aromatic heterocycles. The molecule has 0 atom stereocenters. The minimum absolute atomic E-state index is 0.126. The smallest absolute Gasteiger partial charge is 0.229 e. The fraction of sp³-hybridized carbons (Fsp3) is 0.241. The molecule has 0 amide bonds. The summed E-state index contributed by atoms with van der Waals surface area (Å²) in [6, 6.07) is 20.1. The molecule has 4 aromatic rings. The standard InChI is InChI=1S/C29H32N4O2/c1-18-16-23(17-19(2)28(18)35)29-30-26(21-8-12-24(13-9-21)31(4)5)27(33(29)20(3)34)22-10-14-25(15-11-22)32(6)7/h8-17,35H,1-7H3. The number of imidazole rings is 1. The zero-order chi connectivity index (χ0) is 25.4. The Kier molecular flexibility index (Phi) is 6.39. The zero-order valence-corrected chi connectivity index (χ0v) is 21.4. The van der Waals surface area contributed by atoms with Crippen molar-refractivity contribution < 1.29 is 9.90 Å². The monoisotopic (exact) mass is 468 g/mol. The Morgan fingerprint density at radius 3 is 1.66 bits per heavy atom. The van der Waals surface area contributed by atoms with E-state index in [1.54, 1.807) is 11.5 Å². The Hall–Kier alpha value is -4.06. The molecule has 35 heavy (non-hydrogen) atoms. The number of anilines is 2. The van der Waals surface area contributed by atoms with Crippen LogP contribution in [0.25, 0.3) is 33.9 Å². The number of aromatic nitrogens is 2. The van der Waals surface area contributed by atoms with Gasteiger partial charge in [0.05, 0.1) is 11.4 Å². The van der Waals surface area contributed by atoms with E-state index >= 15 is 0 Å². The Morgan fingerprint density at radius 2 is 1.23 bits per heavy atom. The van der Waals surface area contributed by atoms with Crippen molar-refractivity contribution in [1.29, 1.82) is 0 Å². The van der Waals surface area contributed by atoms with E-state index in [0.29, 0.717) is 5.82 Å². The fourth-order valence-electron chi connectivity index (χ4n) is 4.31. The first-order chi connectivity index (χ1) is 16.6. The van der Waals surface area contributed by atoms with Crippen LogP contribution in [0.5, 0.6) is 5.75 Å². The largest absolute Gasteiger partial charge is 0.507 e. The van der Waals surface area contributed by atoms with Crippen molar-refractivity contribution in [3.63, 3.8) is 0 Å². The highest BCUT2D eigenvalue weighted by atomic mass is 16.3. The number of carbonyl (C=O) groups excluding carboxylic acids is 1. The molecule has 0 saturated heterocycles. The van der Waals surface area contributed by atoms with Gasteiger partial charge in [0, 0.05) is 63.2 Å². The van der Waals surface area contributed by atoms with Crippen LogP contribution in [-0.2, 0) is 0 Å². The van der Waals surface area contributed by atoms with Gasteiger partial charge in [-0.25, -0.2) is 4.98 Å². The molecular formula is C29H32N4O2. The molecule has 0 aliphatic rings. The molecule has 3 aromatic carbocycles. The second kappa shape index (κ2) is 9.29. The van der Waals surface area contributed by atoms with Gasteiger partial charge in [-0.2, -0.15) is 0 Å². The Labute approximate surface area is 207 Å². The Balaban J connectivity index is 2.02. The predicted octanol–water partition coefficient (Wildman–Crippen LogP) is 6.00. The van der Waals surface area contributed by atoms with Gasteiger partial charge in [0.2, 0.25) is 5.91 Å². The van der Waals surface area contributed by atoms with Crippen molar-refractivity contribution in [2.24, 2.45) is 0 Å². The van der Waals surface area contributed by atoms with Gasteiger partial charge in [0.25, 0.3) is 0 Å². The van der Waals surface area contributed by atoms with E-state index in [0.717, 1.165) is 50.6 Å². The van der Waals surface area contributed by atoms with E-state index in [1.165, 1.54) is 0 Å². The van der Waals surface area contributed by atoms with Gasteiger partial charge in [-0.15, -0.1) is 0 Å². The van der Waals surface area contributed by atoms with Gasteiger partial charge in [0.15, 0.2) is 0 Å². The highest BCUT2D eigenvalue weighted by Gasteiger charge is 2.24. The predicted molar refractivity (Wildman–Crippen MR) is 145 cm³/mol. The maximum Gasteiger partial charge on any atom is 0.229 e. The van der Waals surface area contributed by atoms with Gasteiger partial charge in [-0.05, 0) is 61.4 Å². The maximum atomic E-state index is 13.1. The molecule has 0 aliphatic carbocycles. The summed E-state index contributed by atoms with van der Waals surface area (Å²) in [4.78, 5) is 22.2. The highest BCUT2D eigenvalue weighted by Crippen LogP contribution is 2.38. The van der Waals surface area contributed by atoms with Crippen molar-refractivity contribution in [1.82, 2.24) is 9.55 Å². The molecule has 6 nitrogen and oxygen atoms in total. The van der Waals surface area contributed by atoms with Gasteiger partial charge >= 0.3 is 0 Å². The average molecular weight is 469 g/mol. The molecule has 0 spiro atoms. The van der Waals surface area contributed by atoms with E-state index in [9.17, 15) is 9.90 Å². The molecular weight excluding hydrogens is 436 g/mol. The summed E-state index contributed by atoms with van der Waals surface area (Å²) in [7, 11) is 8.01. The van der Waals surface area contributed by atoms with Gasteiger partial charge in [0.1, 0.15) is 11.6 Å². The number of nitrogens with zero attached hydrogens (tertiary/aromatic N) is 4. The number of carbonyl (C=O) groups is 1. The molecule has 1 N–H and O–H groups in total. The van der Waals surface area contributed by atoms with Crippen LogP contribution in [0.2, 0.25) is 0 Å². The second-order valence-corrected chi connectivity index (χ2v) is 9.33. The number of aromatic hydroxyl groups is 1. The molecule has 0 fully saturated rings. The summed E-state index contributed by atoms with van der Waals surface area (Å²) in [6.45, 7) is 5.27. The van der Waals surface area contributed by atoms with E-state index in [4.69, 9.17) is 4.98 Å². The summed E-state index contributed by atoms with van der Waals surface area (Å²) >= 11 is 0. The number of rotatable bonds is 5. The number of hydrogen-bond donors (Lipinski definition) is 1. The van der Waals surface area contributed by atoms with Crippen LogP contribution in [-0.4, -0.2) is 48.8 Å². The Bertz CT molecular complexity index is 1360. The van der Waals surface area contributed by atoms with Crippen molar-refractivity contribution in [3.05, 3.63) is 71.8 Å². The zero-order valence-electron chi connectivity index (χ0n) is 21.4. The number of phenolic OH excluding ortho intramolecular Hbond substituents is 1. The first-order valence-electron chi connectivity index (χ1n) is 11.6. The summed E-state index contributed by atoms with van der Waals surface area (Å²) in [5.74, 6) is 0.689. The normalized spacial score (nSPS) is 10.9. The molecule has 0 radical (unpaired) electrons. The van der Waals surface area contributed by atoms with Crippen LogP contribution in [0, 0.1) is 13.8 Å². The van der Waals surface area contributed by atoms with Crippen LogP contribution in [0.3, 0.4) is 0 Å². The third-order valence-electron chi connectivity index (χ3n) is 6.26. The number of benzene rings is 3. The minimum Gasteiger partial charge on any atom is -0.507 e. The van der Waals surface area contributed by atoms with Gasteiger partial charge in [-0.1, -0.05) is 24.3 Å². The quantitative estimate of drug-likeness (QED) is 0.389. The van der Waals surface area contributed by atoms with Crippen molar-refractivity contribution in [2.75, 3.05) is 38.0 Å². The maximum absolute atomic E-state index is 13.1. The van der Waals surface area contributed by atoms with Crippen LogP contribution in [0.15, 0.2) is 60.7 Å². The van der Waals surface area contributed by atoms with E-state index < -0.39 is 0 Å². The topological polar surface area (TPSA) is 61.6 Å². The molecule has 0 bridgehead atoms. The molecule has 6 heteroatoms. The lowest BCUT2D eigenvalue weighted by Gasteiger charge is -2.15. The molecule has 4 rings (SSSR count). The van der Waals surface area contributed by atoms with Crippen LogP contribution in [0.1, 0.15) is 22.8 Å². The molecule has 180 valence electrons. The first-order valence-corrected chi connectivity index (χ1v) is 11.6. The second-order valence-electron chi connectivity index (χ2n) is 9.33. The molecule has 0 unspecified atom stereocenters. The van der Waals surface area contributed by atoms with Crippen molar-refractivity contribution in [2.45, 2.75) is 20.8 Å².